The molecule has 1 aliphatic rings. The molecule has 1 aliphatic carbocycles. The van der Waals surface area contributed by atoms with E-state index in [0.29, 0.717) is 28.5 Å². The maximum atomic E-state index is 13.2. The third-order valence-electron chi connectivity index (χ3n) is 5.68. The molecule has 1 saturated carbocycles. The average molecular weight is 421 g/mol. The van der Waals surface area contributed by atoms with Gasteiger partial charge in [-0.15, -0.1) is 0 Å². The normalized spacial score (nSPS) is 16.7. The second-order valence-electron chi connectivity index (χ2n) is 9.02. The molecule has 1 aromatic carbocycles. The van der Waals surface area contributed by atoms with Gasteiger partial charge in [0.2, 0.25) is 5.91 Å². The topological polar surface area (TPSA) is 99.1 Å². The molecule has 0 radical (unpaired) electrons. The predicted octanol–water partition coefficient (Wildman–Crippen LogP) is 3.49. The Bertz CT molecular complexity index is 980. The third-order valence-corrected chi connectivity index (χ3v) is 5.91. The van der Waals surface area contributed by atoms with Crippen LogP contribution in [0.4, 0.5) is 4.79 Å². The molecule has 3 rings (SSSR count). The number of nitrogens with one attached hydrogen (secondary N) is 1. The summed E-state index contributed by atoms with van der Waals surface area (Å²) >= 11 is 6.15. The zero-order valence-corrected chi connectivity index (χ0v) is 18.0. The Morgan fingerprint density at radius 3 is 2.45 bits per heavy atom. The minimum Gasteiger partial charge on any atom is -0.368 e. The molecule has 2 amide bonds. The van der Waals surface area contributed by atoms with Gasteiger partial charge in [0.05, 0.1) is 11.0 Å². The standard InChI is InChI=1S/C21H29ClN4O3/c1-21(2,3)17(18(23)27)24-19(28)26-16-11-14(22)9-10-15(16)25(20(26)29)12-13-7-5-4-6-8-13/h9-11,13,17H,4-8,12H2,1-3H3,(H2,23,27)(H,24,28)/t17-/m1/s1. The molecule has 8 heteroatoms. The van der Waals surface area contributed by atoms with Crippen LogP contribution in [0.15, 0.2) is 23.0 Å². The molecule has 158 valence electrons. The highest BCUT2D eigenvalue weighted by Crippen LogP contribution is 2.27. The molecule has 0 bridgehead atoms. The Morgan fingerprint density at radius 2 is 1.86 bits per heavy atom. The summed E-state index contributed by atoms with van der Waals surface area (Å²) in [5.74, 6) is -0.241. The molecule has 1 heterocycles. The summed E-state index contributed by atoms with van der Waals surface area (Å²) in [7, 11) is 0. The molecular weight excluding hydrogens is 392 g/mol. The third kappa shape index (κ3) is 4.50. The lowest BCUT2D eigenvalue weighted by atomic mass is 9.86. The SMILES string of the molecule is CC(C)(C)[C@H](NC(=O)n1c(=O)n(CC2CCCCC2)c2ccc(Cl)cc21)C(N)=O. The van der Waals surface area contributed by atoms with E-state index in [9.17, 15) is 14.4 Å². The van der Waals surface area contributed by atoms with E-state index in [4.69, 9.17) is 17.3 Å². The van der Waals surface area contributed by atoms with Crippen LogP contribution in [0.1, 0.15) is 52.9 Å². The first kappa shape index (κ1) is 21.4. The summed E-state index contributed by atoms with van der Waals surface area (Å²) in [6.07, 6.45) is 5.71. The van der Waals surface area contributed by atoms with Crippen LogP contribution in [0, 0.1) is 11.3 Å². The van der Waals surface area contributed by atoms with Crippen molar-refractivity contribution in [3.8, 4) is 0 Å². The monoisotopic (exact) mass is 420 g/mol. The van der Waals surface area contributed by atoms with Crippen LogP contribution in [0.5, 0.6) is 0 Å². The minimum absolute atomic E-state index is 0.409. The molecule has 1 fully saturated rings. The molecule has 0 saturated heterocycles. The number of nitrogens with zero attached hydrogens (tertiary/aromatic N) is 2. The van der Waals surface area contributed by atoms with Gasteiger partial charge in [-0.3, -0.25) is 9.36 Å². The van der Waals surface area contributed by atoms with E-state index < -0.39 is 29.1 Å². The Kier molecular flexibility index (Phi) is 6.08. The largest absolute Gasteiger partial charge is 0.368 e. The van der Waals surface area contributed by atoms with E-state index in [-0.39, 0.29) is 0 Å². The molecule has 0 unspecified atom stereocenters. The maximum absolute atomic E-state index is 13.2. The lowest BCUT2D eigenvalue weighted by Gasteiger charge is -2.28. The van der Waals surface area contributed by atoms with Gasteiger partial charge in [0, 0.05) is 11.6 Å². The molecule has 2 aromatic rings. The number of carbonyl (C=O) groups excluding carboxylic acids is 2. The molecular formula is C21H29ClN4O3. The number of hydrogen-bond donors (Lipinski definition) is 2. The van der Waals surface area contributed by atoms with Gasteiger partial charge in [-0.1, -0.05) is 51.6 Å². The summed E-state index contributed by atoms with van der Waals surface area (Å²) in [6, 6.07) is 3.48. The molecule has 29 heavy (non-hydrogen) atoms. The zero-order valence-electron chi connectivity index (χ0n) is 17.2. The fraction of sp³-hybridized carbons (Fsp3) is 0.571. The van der Waals surface area contributed by atoms with Gasteiger partial charge in [0.25, 0.3) is 0 Å². The van der Waals surface area contributed by atoms with E-state index in [1.54, 1.807) is 43.5 Å². The van der Waals surface area contributed by atoms with Gasteiger partial charge in [-0.25, -0.2) is 14.2 Å². The summed E-state index contributed by atoms with van der Waals surface area (Å²) in [5, 5.41) is 3.06. The number of primary amides is 1. The first-order chi connectivity index (χ1) is 13.6. The number of amides is 2. The lowest BCUT2D eigenvalue weighted by molar-refractivity contribution is -0.122. The number of carbonyl (C=O) groups is 2. The molecule has 7 nitrogen and oxygen atoms in total. The Labute approximate surface area is 175 Å². The van der Waals surface area contributed by atoms with Gasteiger partial charge in [-0.2, -0.15) is 0 Å². The van der Waals surface area contributed by atoms with Crippen molar-refractivity contribution in [3.63, 3.8) is 0 Å². The average Bonchev–Trinajstić information content (AvgIpc) is 2.90. The van der Waals surface area contributed by atoms with E-state index in [1.807, 2.05) is 0 Å². The summed E-state index contributed by atoms with van der Waals surface area (Å²) in [4.78, 5) is 38.1. The Hall–Kier alpha value is -2.28. The number of hydrogen-bond acceptors (Lipinski definition) is 3. The lowest BCUT2D eigenvalue weighted by Crippen LogP contribution is -2.54. The van der Waals surface area contributed by atoms with Crippen molar-refractivity contribution < 1.29 is 9.59 Å². The highest BCUT2D eigenvalue weighted by atomic mass is 35.5. The number of benzene rings is 1. The van der Waals surface area contributed by atoms with Crippen molar-refractivity contribution in [3.05, 3.63) is 33.7 Å². The van der Waals surface area contributed by atoms with Crippen molar-refractivity contribution in [2.24, 2.45) is 17.1 Å². The van der Waals surface area contributed by atoms with Crippen molar-refractivity contribution in [1.29, 1.82) is 0 Å². The molecule has 0 spiro atoms. The van der Waals surface area contributed by atoms with Crippen LogP contribution < -0.4 is 16.7 Å². The fourth-order valence-electron chi connectivity index (χ4n) is 4.13. The van der Waals surface area contributed by atoms with Crippen molar-refractivity contribution >= 4 is 34.6 Å². The molecule has 1 aromatic heterocycles. The molecule has 0 aliphatic heterocycles. The number of fused-ring (bicyclic) bond motifs is 1. The van der Waals surface area contributed by atoms with Crippen molar-refractivity contribution in [2.45, 2.75) is 65.5 Å². The number of imidazole rings is 1. The minimum atomic E-state index is -0.919. The number of aromatic nitrogens is 2. The smallest absolute Gasteiger partial charge is 0.337 e. The zero-order chi connectivity index (χ0) is 21.3. The summed E-state index contributed by atoms with van der Waals surface area (Å²) in [6.45, 7) is 5.97. The van der Waals surface area contributed by atoms with Crippen LogP contribution in [0.2, 0.25) is 5.02 Å². The number of nitrogens with two attached hydrogens (primary N) is 1. The highest BCUT2D eigenvalue weighted by molar-refractivity contribution is 6.31. The quantitative estimate of drug-likeness (QED) is 0.791. The van der Waals surface area contributed by atoms with Gasteiger partial charge in [-0.05, 0) is 42.4 Å². The van der Waals surface area contributed by atoms with E-state index in [2.05, 4.69) is 5.32 Å². The van der Waals surface area contributed by atoms with Crippen LogP contribution >= 0.6 is 11.6 Å². The fourth-order valence-corrected chi connectivity index (χ4v) is 4.30. The molecule has 3 N–H and O–H groups in total. The predicted molar refractivity (Wildman–Crippen MR) is 114 cm³/mol. The number of rotatable bonds is 4. The first-order valence-electron chi connectivity index (χ1n) is 10.1. The van der Waals surface area contributed by atoms with Gasteiger partial charge >= 0.3 is 11.7 Å². The first-order valence-corrected chi connectivity index (χ1v) is 10.5. The second-order valence-corrected chi connectivity index (χ2v) is 9.45. The molecule has 1 atom stereocenters. The second kappa shape index (κ2) is 8.22. The number of halogens is 1. The van der Waals surface area contributed by atoms with Crippen LogP contribution in [0.25, 0.3) is 11.0 Å². The van der Waals surface area contributed by atoms with Gasteiger partial charge in [0.15, 0.2) is 0 Å². The van der Waals surface area contributed by atoms with Crippen molar-refractivity contribution in [2.75, 3.05) is 0 Å². The van der Waals surface area contributed by atoms with E-state index in [0.717, 1.165) is 30.3 Å². The van der Waals surface area contributed by atoms with Crippen LogP contribution in [-0.4, -0.2) is 27.1 Å². The van der Waals surface area contributed by atoms with Crippen molar-refractivity contribution in [1.82, 2.24) is 14.5 Å². The Balaban J connectivity index is 2.03. The van der Waals surface area contributed by atoms with Crippen LogP contribution in [0.3, 0.4) is 0 Å². The van der Waals surface area contributed by atoms with Crippen LogP contribution in [-0.2, 0) is 11.3 Å². The Morgan fingerprint density at radius 1 is 1.21 bits per heavy atom. The van der Waals surface area contributed by atoms with E-state index in [1.165, 1.54) is 6.42 Å². The summed E-state index contributed by atoms with van der Waals surface area (Å²) < 4.78 is 2.71. The van der Waals surface area contributed by atoms with Gasteiger partial charge in [0.1, 0.15) is 6.04 Å². The maximum Gasteiger partial charge on any atom is 0.337 e. The highest BCUT2D eigenvalue weighted by Gasteiger charge is 2.32. The summed E-state index contributed by atoms with van der Waals surface area (Å²) in [5.41, 5.74) is 5.55. The van der Waals surface area contributed by atoms with E-state index >= 15 is 0 Å². The van der Waals surface area contributed by atoms with Gasteiger partial charge < -0.3 is 11.1 Å².